The molecule has 1 saturated carbocycles. The normalized spacial score (nSPS) is 17.6. The van der Waals surface area contributed by atoms with Crippen molar-refractivity contribution < 1.29 is 17.5 Å². The lowest BCUT2D eigenvalue weighted by molar-refractivity contribution is 0.0892. The van der Waals surface area contributed by atoms with Crippen LogP contribution in [0.5, 0.6) is 0 Å². The first-order chi connectivity index (χ1) is 17.9. The molecule has 0 amide bonds. The zero-order valence-electron chi connectivity index (χ0n) is 20.6. The minimum Gasteiger partial charge on any atom is -0.376 e. The molecule has 1 atom stereocenters. The topological polar surface area (TPSA) is 76.5 Å². The van der Waals surface area contributed by atoms with E-state index in [0.29, 0.717) is 36.4 Å². The highest BCUT2D eigenvalue weighted by atomic mass is 32.2. The number of benzene rings is 2. The molecule has 2 fully saturated rings. The molecular formula is C27H31FN4O3S2. The third-order valence-electron chi connectivity index (χ3n) is 6.63. The Morgan fingerprint density at radius 3 is 2.54 bits per heavy atom. The monoisotopic (exact) mass is 542 g/mol. The number of aromatic nitrogens is 2. The third kappa shape index (κ3) is 6.74. The number of rotatable bonds is 10. The molecule has 0 bridgehead atoms. The SMILES string of the molecule is O=S(=O)(Cc1ccc(F)cc1)c1ncc(CN(CC2CCCO2)C(=S)NC2CC2)n1Cc1ccccc1. The number of nitrogens with zero attached hydrogens (tertiary/aromatic N) is 3. The molecule has 0 radical (unpaired) electrons. The second-order valence-electron chi connectivity index (χ2n) is 9.73. The van der Waals surface area contributed by atoms with Gasteiger partial charge in [-0.1, -0.05) is 42.5 Å². The molecule has 0 spiro atoms. The van der Waals surface area contributed by atoms with Crippen LogP contribution in [0, 0.1) is 5.82 Å². The van der Waals surface area contributed by atoms with Gasteiger partial charge < -0.3 is 19.5 Å². The molecule has 1 aliphatic carbocycles. The van der Waals surface area contributed by atoms with Gasteiger partial charge in [-0.05, 0) is 61.2 Å². The fourth-order valence-electron chi connectivity index (χ4n) is 4.51. The molecule has 2 aliphatic rings. The lowest BCUT2D eigenvalue weighted by Gasteiger charge is -2.28. The van der Waals surface area contributed by atoms with Gasteiger partial charge in [-0.3, -0.25) is 0 Å². The van der Waals surface area contributed by atoms with E-state index in [-0.39, 0.29) is 17.0 Å². The molecule has 5 rings (SSSR count). The summed E-state index contributed by atoms with van der Waals surface area (Å²) in [7, 11) is -3.81. The van der Waals surface area contributed by atoms with Crippen LogP contribution in [0.15, 0.2) is 66.0 Å². The van der Waals surface area contributed by atoms with Crippen molar-refractivity contribution in [1.29, 1.82) is 0 Å². The van der Waals surface area contributed by atoms with Crippen molar-refractivity contribution in [1.82, 2.24) is 19.8 Å². The Labute approximate surface area is 222 Å². The first kappa shape index (κ1) is 25.8. The van der Waals surface area contributed by atoms with Gasteiger partial charge in [-0.25, -0.2) is 17.8 Å². The van der Waals surface area contributed by atoms with E-state index >= 15 is 0 Å². The lowest BCUT2D eigenvalue weighted by Crippen LogP contribution is -2.44. The number of hydrogen-bond donors (Lipinski definition) is 1. The van der Waals surface area contributed by atoms with E-state index in [4.69, 9.17) is 17.0 Å². The maximum Gasteiger partial charge on any atom is 0.228 e. The van der Waals surface area contributed by atoms with E-state index < -0.39 is 15.7 Å². The van der Waals surface area contributed by atoms with Crippen molar-refractivity contribution in [3.05, 3.63) is 83.4 Å². The highest BCUT2D eigenvalue weighted by Crippen LogP contribution is 2.23. The molecule has 1 aromatic heterocycles. The van der Waals surface area contributed by atoms with Crippen molar-refractivity contribution in [3.63, 3.8) is 0 Å². The summed E-state index contributed by atoms with van der Waals surface area (Å²) in [4.78, 5) is 6.46. The molecule has 2 aromatic carbocycles. The van der Waals surface area contributed by atoms with Crippen LogP contribution >= 0.6 is 12.2 Å². The molecular weight excluding hydrogens is 511 g/mol. The van der Waals surface area contributed by atoms with Gasteiger partial charge in [0.05, 0.1) is 36.8 Å². The molecule has 3 aromatic rings. The molecule has 7 nitrogen and oxygen atoms in total. The second-order valence-corrected chi connectivity index (χ2v) is 12.0. The predicted molar refractivity (Wildman–Crippen MR) is 143 cm³/mol. The number of ether oxygens (including phenoxy) is 1. The quantitative estimate of drug-likeness (QED) is 0.387. The summed E-state index contributed by atoms with van der Waals surface area (Å²) in [5.74, 6) is -0.670. The third-order valence-corrected chi connectivity index (χ3v) is 8.60. The van der Waals surface area contributed by atoms with Crippen molar-refractivity contribution in [2.45, 2.75) is 61.8 Å². The first-order valence-corrected chi connectivity index (χ1v) is 14.7. The smallest absolute Gasteiger partial charge is 0.228 e. The van der Waals surface area contributed by atoms with Crippen LogP contribution in [0.25, 0.3) is 0 Å². The number of imidazole rings is 1. The lowest BCUT2D eigenvalue weighted by atomic mass is 10.2. The average molecular weight is 543 g/mol. The summed E-state index contributed by atoms with van der Waals surface area (Å²) in [5.41, 5.74) is 2.22. The summed E-state index contributed by atoms with van der Waals surface area (Å²) >= 11 is 5.76. The minimum absolute atomic E-state index is 0.00573. The van der Waals surface area contributed by atoms with Crippen LogP contribution in [0.1, 0.15) is 42.5 Å². The summed E-state index contributed by atoms with van der Waals surface area (Å²) < 4.78 is 48.0. The van der Waals surface area contributed by atoms with Crippen molar-refractivity contribution in [3.8, 4) is 0 Å². The number of sulfone groups is 1. The van der Waals surface area contributed by atoms with Gasteiger partial charge in [0, 0.05) is 19.2 Å². The highest BCUT2D eigenvalue weighted by Gasteiger charge is 2.29. The van der Waals surface area contributed by atoms with Gasteiger partial charge in [-0.2, -0.15) is 0 Å². The fourth-order valence-corrected chi connectivity index (χ4v) is 6.31. The predicted octanol–water partition coefficient (Wildman–Crippen LogP) is 4.06. The molecule has 196 valence electrons. The molecule has 37 heavy (non-hydrogen) atoms. The van der Waals surface area contributed by atoms with Crippen LogP contribution in [0.3, 0.4) is 0 Å². The Kier molecular flexibility index (Phi) is 7.87. The molecule has 1 saturated heterocycles. The van der Waals surface area contributed by atoms with Crippen LogP contribution in [0.4, 0.5) is 4.39 Å². The Morgan fingerprint density at radius 2 is 1.86 bits per heavy atom. The van der Waals surface area contributed by atoms with Gasteiger partial charge in [0.25, 0.3) is 0 Å². The minimum atomic E-state index is -3.81. The van der Waals surface area contributed by atoms with E-state index in [9.17, 15) is 12.8 Å². The van der Waals surface area contributed by atoms with E-state index in [2.05, 4.69) is 15.2 Å². The summed E-state index contributed by atoms with van der Waals surface area (Å²) in [6, 6.07) is 15.6. The number of halogens is 1. The molecule has 1 aliphatic heterocycles. The second kappa shape index (κ2) is 11.3. The zero-order valence-corrected chi connectivity index (χ0v) is 22.2. The largest absolute Gasteiger partial charge is 0.376 e. The summed E-state index contributed by atoms with van der Waals surface area (Å²) in [6.07, 6.45) is 5.92. The zero-order chi connectivity index (χ0) is 25.8. The van der Waals surface area contributed by atoms with Crippen LogP contribution in [-0.2, 0) is 33.4 Å². The van der Waals surface area contributed by atoms with Crippen LogP contribution in [0.2, 0.25) is 0 Å². The van der Waals surface area contributed by atoms with E-state index in [1.807, 2.05) is 30.3 Å². The Morgan fingerprint density at radius 1 is 1.11 bits per heavy atom. The number of thiocarbonyl (C=S) groups is 1. The maximum absolute atomic E-state index is 13.5. The Bertz CT molecular complexity index is 1320. The van der Waals surface area contributed by atoms with Gasteiger partial charge in [-0.15, -0.1) is 0 Å². The number of nitrogens with one attached hydrogen (secondary N) is 1. The van der Waals surface area contributed by atoms with Crippen molar-refractivity contribution in [2.75, 3.05) is 13.2 Å². The van der Waals surface area contributed by atoms with Crippen LogP contribution in [-0.4, -0.2) is 53.3 Å². The standard InChI is InChI=1S/C27H31FN4O3S2/c28-22-10-8-21(9-11-22)19-37(33,34)27-29-15-24(32(27)16-20-5-2-1-3-6-20)17-31(18-25-7-4-14-35-25)26(36)30-23-12-13-23/h1-3,5-6,8-11,15,23,25H,4,7,12-14,16-19H2,(H,30,36). The van der Waals surface area contributed by atoms with Crippen molar-refractivity contribution in [2.24, 2.45) is 0 Å². The van der Waals surface area contributed by atoms with Crippen LogP contribution < -0.4 is 5.32 Å². The Balaban J connectivity index is 1.45. The average Bonchev–Trinajstić information content (AvgIpc) is 3.37. The van der Waals surface area contributed by atoms with Gasteiger partial charge in [0.1, 0.15) is 5.82 Å². The van der Waals surface area contributed by atoms with Gasteiger partial charge in [0.15, 0.2) is 5.11 Å². The molecule has 1 unspecified atom stereocenters. The first-order valence-electron chi connectivity index (χ1n) is 12.6. The summed E-state index contributed by atoms with van der Waals surface area (Å²) in [5, 5.41) is 4.06. The van der Waals surface area contributed by atoms with Gasteiger partial charge >= 0.3 is 0 Å². The molecule has 2 heterocycles. The maximum atomic E-state index is 13.5. The molecule has 1 N–H and O–H groups in total. The highest BCUT2D eigenvalue weighted by molar-refractivity contribution is 7.90. The molecule has 10 heteroatoms. The van der Waals surface area contributed by atoms with E-state index in [0.717, 1.165) is 43.5 Å². The van der Waals surface area contributed by atoms with E-state index in [1.165, 1.54) is 24.3 Å². The fraction of sp³-hybridized carbons (Fsp3) is 0.407. The summed E-state index contributed by atoms with van der Waals surface area (Å²) in [6.45, 7) is 2.14. The number of hydrogen-bond acceptors (Lipinski definition) is 5. The Hall–Kier alpha value is -2.82. The van der Waals surface area contributed by atoms with E-state index in [1.54, 1.807) is 10.8 Å². The van der Waals surface area contributed by atoms with Gasteiger partial charge in [0.2, 0.25) is 15.0 Å². The van der Waals surface area contributed by atoms with Crippen molar-refractivity contribution >= 4 is 27.2 Å².